The van der Waals surface area contributed by atoms with E-state index in [-0.39, 0.29) is 0 Å². The standard InChI is InChI=1S/C15H24/c1-10(2)13-7-5-11(3)14-8-6-12(4)15(14)9-13/h12,15H,5-9H2,1-4H3/t12-,15-/m0/s1. The van der Waals surface area contributed by atoms with E-state index in [0.717, 1.165) is 11.8 Å². The lowest BCUT2D eigenvalue weighted by molar-refractivity contribution is 0.453. The fourth-order valence-electron chi connectivity index (χ4n) is 3.29. The van der Waals surface area contributed by atoms with Crippen LogP contribution in [0.25, 0.3) is 0 Å². The predicted molar refractivity (Wildman–Crippen MR) is 66.8 cm³/mol. The SMILES string of the molecule is CC(C)=C1CCC(C)=C2CC[C@H](C)[C@@H]2C1. The first-order valence-electron chi connectivity index (χ1n) is 6.43. The van der Waals surface area contributed by atoms with E-state index < -0.39 is 0 Å². The highest BCUT2D eigenvalue weighted by Gasteiger charge is 2.31. The summed E-state index contributed by atoms with van der Waals surface area (Å²) >= 11 is 0. The van der Waals surface area contributed by atoms with Gasteiger partial charge in [0.1, 0.15) is 0 Å². The molecule has 0 heteroatoms. The molecule has 0 bridgehead atoms. The van der Waals surface area contributed by atoms with Crippen LogP contribution in [0.4, 0.5) is 0 Å². The van der Waals surface area contributed by atoms with Gasteiger partial charge >= 0.3 is 0 Å². The van der Waals surface area contributed by atoms with Gasteiger partial charge in [0, 0.05) is 0 Å². The lowest BCUT2D eigenvalue weighted by Gasteiger charge is -2.18. The van der Waals surface area contributed by atoms with Crippen LogP contribution in [0.3, 0.4) is 0 Å². The van der Waals surface area contributed by atoms with E-state index in [1.54, 1.807) is 16.7 Å². The zero-order valence-corrected chi connectivity index (χ0v) is 10.7. The van der Waals surface area contributed by atoms with Gasteiger partial charge in [0.15, 0.2) is 0 Å². The molecule has 2 aliphatic carbocycles. The van der Waals surface area contributed by atoms with Crippen LogP contribution in [-0.2, 0) is 0 Å². The summed E-state index contributed by atoms with van der Waals surface area (Å²) in [6.45, 7) is 9.39. The van der Waals surface area contributed by atoms with E-state index in [2.05, 4.69) is 27.7 Å². The van der Waals surface area contributed by atoms with Gasteiger partial charge in [-0.25, -0.2) is 0 Å². The molecule has 0 amide bonds. The first kappa shape index (κ1) is 11.0. The van der Waals surface area contributed by atoms with Gasteiger partial charge in [-0.1, -0.05) is 29.2 Å². The van der Waals surface area contributed by atoms with Gasteiger partial charge in [-0.05, 0) is 64.7 Å². The van der Waals surface area contributed by atoms with E-state index in [1.807, 2.05) is 5.57 Å². The molecule has 0 spiro atoms. The number of hydrogen-bond acceptors (Lipinski definition) is 0. The molecule has 2 rings (SSSR count). The van der Waals surface area contributed by atoms with E-state index in [1.165, 1.54) is 32.1 Å². The van der Waals surface area contributed by atoms with Crippen LogP contribution in [0.5, 0.6) is 0 Å². The molecule has 0 aromatic heterocycles. The Morgan fingerprint density at radius 1 is 1.13 bits per heavy atom. The molecule has 2 atom stereocenters. The Balaban J connectivity index is 2.30. The normalized spacial score (nSPS) is 31.6. The Labute approximate surface area is 94.5 Å². The van der Waals surface area contributed by atoms with Gasteiger partial charge in [-0.15, -0.1) is 0 Å². The number of fused-ring (bicyclic) bond motifs is 1. The topological polar surface area (TPSA) is 0 Å². The second-order valence-corrected chi connectivity index (χ2v) is 5.74. The van der Waals surface area contributed by atoms with Crippen LogP contribution >= 0.6 is 0 Å². The molecular formula is C15H24. The van der Waals surface area contributed by atoms with Crippen molar-refractivity contribution in [3.05, 3.63) is 22.3 Å². The van der Waals surface area contributed by atoms with Crippen LogP contribution in [-0.4, -0.2) is 0 Å². The smallest absolute Gasteiger partial charge is 0.0137 e. The fourth-order valence-corrected chi connectivity index (χ4v) is 3.29. The molecule has 0 saturated heterocycles. The van der Waals surface area contributed by atoms with Crippen molar-refractivity contribution in [2.45, 2.75) is 59.8 Å². The molecule has 0 heterocycles. The molecule has 0 aromatic rings. The highest BCUT2D eigenvalue weighted by atomic mass is 14.4. The summed E-state index contributed by atoms with van der Waals surface area (Å²) in [5.74, 6) is 1.81. The minimum Gasteiger partial charge on any atom is -0.0772 e. The zero-order chi connectivity index (χ0) is 11.0. The van der Waals surface area contributed by atoms with Gasteiger partial charge < -0.3 is 0 Å². The number of rotatable bonds is 0. The second-order valence-electron chi connectivity index (χ2n) is 5.74. The summed E-state index contributed by atoms with van der Waals surface area (Å²) in [4.78, 5) is 0. The number of hydrogen-bond donors (Lipinski definition) is 0. The zero-order valence-electron chi connectivity index (χ0n) is 10.7. The van der Waals surface area contributed by atoms with Crippen molar-refractivity contribution in [2.75, 3.05) is 0 Å². The van der Waals surface area contributed by atoms with Crippen LogP contribution in [0.15, 0.2) is 22.3 Å². The third-order valence-electron chi connectivity index (χ3n) is 4.53. The van der Waals surface area contributed by atoms with Crippen LogP contribution in [0.1, 0.15) is 59.8 Å². The molecule has 0 aromatic carbocycles. The first-order valence-corrected chi connectivity index (χ1v) is 6.43. The van der Waals surface area contributed by atoms with Gasteiger partial charge in [-0.3, -0.25) is 0 Å². The Kier molecular flexibility index (Phi) is 3.04. The summed E-state index contributed by atoms with van der Waals surface area (Å²) < 4.78 is 0. The molecule has 84 valence electrons. The van der Waals surface area contributed by atoms with Crippen molar-refractivity contribution in [3.63, 3.8) is 0 Å². The summed E-state index contributed by atoms with van der Waals surface area (Å²) in [5, 5.41) is 0. The maximum Gasteiger partial charge on any atom is -0.0137 e. The van der Waals surface area contributed by atoms with Crippen molar-refractivity contribution < 1.29 is 0 Å². The van der Waals surface area contributed by atoms with Gasteiger partial charge in [0.05, 0.1) is 0 Å². The molecule has 2 aliphatic rings. The molecule has 1 fully saturated rings. The monoisotopic (exact) mass is 204 g/mol. The number of allylic oxidation sites excluding steroid dienone is 4. The lowest BCUT2D eigenvalue weighted by atomic mass is 9.87. The van der Waals surface area contributed by atoms with Gasteiger partial charge in [0.2, 0.25) is 0 Å². The Morgan fingerprint density at radius 3 is 2.53 bits per heavy atom. The van der Waals surface area contributed by atoms with Crippen molar-refractivity contribution in [3.8, 4) is 0 Å². The molecular weight excluding hydrogens is 180 g/mol. The summed E-state index contributed by atoms with van der Waals surface area (Å²) in [5.41, 5.74) is 6.84. The van der Waals surface area contributed by atoms with Crippen LogP contribution in [0.2, 0.25) is 0 Å². The largest absolute Gasteiger partial charge is 0.0772 e. The highest BCUT2D eigenvalue weighted by molar-refractivity contribution is 5.27. The molecule has 0 nitrogen and oxygen atoms in total. The van der Waals surface area contributed by atoms with Crippen molar-refractivity contribution in [1.29, 1.82) is 0 Å². The Morgan fingerprint density at radius 2 is 1.87 bits per heavy atom. The van der Waals surface area contributed by atoms with Crippen LogP contribution in [0, 0.1) is 11.8 Å². The maximum atomic E-state index is 2.44. The first-order chi connectivity index (χ1) is 7.09. The summed E-state index contributed by atoms with van der Waals surface area (Å²) in [6, 6.07) is 0. The maximum absolute atomic E-state index is 2.44. The second kappa shape index (κ2) is 4.15. The van der Waals surface area contributed by atoms with Crippen molar-refractivity contribution in [1.82, 2.24) is 0 Å². The molecule has 15 heavy (non-hydrogen) atoms. The van der Waals surface area contributed by atoms with Crippen LogP contribution < -0.4 is 0 Å². The average molecular weight is 204 g/mol. The van der Waals surface area contributed by atoms with E-state index >= 15 is 0 Å². The van der Waals surface area contributed by atoms with E-state index in [9.17, 15) is 0 Å². The molecule has 0 radical (unpaired) electrons. The molecule has 0 unspecified atom stereocenters. The summed E-state index contributed by atoms with van der Waals surface area (Å²) in [6.07, 6.45) is 6.80. The van der Waals surface area contributed by atoms with E-state index in [4.69, 9.17) is 0 Å². The quantitative estimate of drug-likeness (QED) is 0.494. The molecule has 0 N–H and O–H groups in total. The van der Waals surface area contributed by atoms with E-state index in [0.29, 0.717) is 0 Å². The Hall–Kier alpha value is -0.520. The third-order valence-corrected chi connectivity index (χ3v) is 4.53. The molecule has 0 aliphatic heterocycles. The fraction of sp³-hybridized carbons (Fsp3) is 0.733. The van der Waals surface area contributed by atoms with Gasteiger partial charge in [-0.2, -0.15) is 0 Å². The minimum atomic E-state index is 0.886. The van der Waals surface area contributed by atoms with Crippen molar-refractivity contribution in [2.24, 2.45) is 11.8 Å². The lowest BCUT2D eigenvalue weighted by Crippen LogP contribution is -2.06. The molecule has 1 saturated carbocycles. The predicted octanol–water partition coefficient (Wildman–Crippen LogP) is 4.87. The minimum absolute atomic E-state index is 0.886. The van der Waals surface area contributed by atoms with Crippen molar-refractivity contribution >= 4 is 0 Å². The highest BCUT2D eigenvalue weighted by Crippen LogP contribution is 2.45. The Bertz CT molecular complexity index is 313. The summed E-state index contributed by atoms with van der Waals surface area (Å²) in [7, 11) is 0. The van der Waals surface area contributed by atoms with Gasteiger partial charge in [0.25, 0.3) is 0 Å². The average Bonchev–Trinajstić information content (AvgIpc) is 2.43. The third kappa shape index (κ3) is 2.04.